The molecule has 104 valence electrons. The highest BCUT2D eigenvalue weighted by Crippen LogP contribution is 2.24. The van der Waals surface area contributed by atoms with Crippen molar-refractivity contribution in [1.82, 2.24) is 4.90 Å². The summed E-state index contributed by atoms with van der Waals surface area (Å²) in [6.07, 6.45) is 1.76. The average Bonchev–Trinajstić information content (AvgIpc) is 2.41. The lowest BCUT2D eigenvalue weighted by Crippen LogP contribution is -2.49. The van der Waals surface area contributed by atoms with Crippen LogP contribution in [-0.4, -0.2) is 29.9 Å². The van der Waals surface area contributed by atoms with E-state index in [1.807, 2.05) is 0 Å². The molecule has 2 unspecified atom stereocenters. The summed E-state index contributed by atoms with van der Waals surface area (Å²) in [5.74, 6) is -1.69. The Hall–Kier alpha value is -1.49. The van der Waals surface area contributed by atoms with E-state index >= 15 is 0 Å². The number of nitrogens with zero attached hydrogens (tertiary/aromatic N) is 1. The van der Waals surface area contributed by atoms with Crippen LogP contribution in [-0.2, 0) is 0 Å². The summed E-state index contributed by atoms with van der Waals surface area (Å²) in [6.45, 7) is 3.13. The predicted octanol–water partition coefficient (Wildman–Crippen LogP) is 2.16. The fourth-order valence-corrected chi connectivity index (χ4v) is 2.54. The van der Waals surface area contributed by atoms with Crippen molar-refractivity contribution < 1.29 is 13.6 Å². The lowest BCUT2D eigenvalue weighted by molar-refractivity contribution is 0.0573. The largest absolute Gasteiger partial charge is 0.334 e. The third-order valence-electron chi connectivity index (χ3n) is 3.68. The van der Waals surface area contributed by atoms with Gasteiger partial charge < -0.3 is 10.6 Å². The Morgan fingerprint density at radius 3 is 2.79 bits per heavy atom. The van der Waals surface area contributed by atoms with Crippen LogP contribution < -0.4 is 5.73 Å². The second kappa shape index (κ2) is 5.65. The number of halogens is 2. The highest BCUT2D eigenvalue weighted by atomic mass is 19.2. The lowest BCUT2D eigenvalue weighted by Gasteiger charge is -2.38. The quantitative estimate of drug-likeness (QED) is 0.893. The highest BCUT2D eigenvalue weighted by Gasteiger charge is 2.29. The number of nitrogens with two attached hydrogens (primary N) is 1. The third-order valence-corrected chi connectivity index (χ3v) is 3.68. The van der Waals surface area contributed by atoms with Crippen molar-refractivity contribution in [3.8, 4) is 0 Å². The van der Waals surface area contributed by atoms with Crippen molar-refractivity contribution in [2.45, 2.75) is 25.8 Å². The molecule has 2 N–H and O–H groups in total. The number of hydrogen-bond donors (Lipinski definition) is 1. The van der Waals surface area contributed by atoms with Gasteiger partial charge in [0.1, 0.15) is 0 Å². The maximum atomic E-state index is 13.2. The van der Waals surface area contributed by atoms with Crippen molar-refractivity contribution in [2.24, 2.45) is 11.7 Å². The number of rotatable bonds is 2. The first-order valence-corrected chi connectivity index (χ1v) is 6.49. The van der Waals surface area contributed by atoms with E-state index in [0.717, 1.165) is 25.0 Å². The standard InChI is InChI=1S/C14H18F2N2O/c1-9-4-5-18(11(6-9)8-17)14(19)10-2-3-12(15)13(16)7-10/h2-3,7,9,11H,4-6,8,17H2,1H3. The molecule has 1 saturated heterocycles. The van der Waals surface area contributed by atoms with Crippen molar-refractivity contribution in [3.05, 3.63) is 35.4 Å². The molecule has 3 nitrogen and oxygen atoms in total. The number of likely N-dealkylation sites (tertiary alicyclic amines) is 1. The molecule has 19 heavy (non-hydrogen) atoms. The molecule has 1 aliphatic heterocycles. The van der Waals surface area contributed by atoms with Gasteiger partial charge in [0.25, 0.3) is 5.91 Å². The third kappa shape index (κ3) is 2.92. The SMILES string of the molecule is CC1CCN(C(=O)c2ccc(F)c(F)c2)C(CN)C1. The van der Waals surface area contributed by atoms with Crippen molar-refractivity contribution in [2.75, 3.05) is 13.1 Å². The first-order chi connectivity index (χ1) is 9.02. The fourth-order valence-electron chi connectivity index (χ4n) is 2.54. The van der Waals surface area contributed by atoms with Gasteiger partial charge in [0.05, 0.1) is 0 Å². The van der Waals surface area contributed by atoms with Gasteiger partial charge in [-0.15, -0.1) is 0 Å². The Morgan fingerprint density at radius 2 is 2.16 bits per heavy atom. The molecule has 0 spiro atoms. The molecule has 0 aromatic heterocycles. The second-order valence-electron chi connectivity index (χ2n) is 5.15. The number of carbonyl (C=O) groups excluding carboxylic acids is 1. The van der Waals surface area contributed by atoms with Crippen molar-refractivity contribution in [3.63, 3.8) is 0 Å². The normalized spacial score (nSPS) is 23.5. The minimum absolute atomic E-state index is 0.0237. The summed E-state index contributed by atoms with van der Waals surface area (Å²) in [4.78, 5) is 14.0. The number of carbonyl (C=O) groups is 1. The van der Waals surface area contributed by atoms with Crippen LogP contribution >= 0.6 is 0 Å². The minimum Gasteiger partial charge on any atom is -0.334 e. The molecule has 1 fully saturated rings. The molecule has 0 saturated carbocycles. The molecule has 0 aliphatic carbocycles. The average molecular weight is 268 g/mol. The molecule has 5 heteroatoms. The molecule has 1 aliphatic rings. The van der Waals surface area contributed by atoms with Crippen molar-refractivity contribution in [1.29, 1.82) is 0 Å². The van der Waals surface area contributed by atoms with Crippen LogP contribution in [0.3, 0.4) is 0 Å². The number of amides is 1. The van der Waals surface area contributed by atoms with Crippen LogP contribution in [0.2, 0.25) is 0 Å². The predicted molar refractivity (Wildman–Crippen MR) is 68.6 cm³/mol. The summed E-state index contributed by atoms with van der Waals surface area (Å²) in [5, 5.41) is 0. The van der Waals surface area contributed by atoms with E-state index in [2.05, 4.69) is 6.92 Å². The summed E-state index contributed by atoms with van der Waals surface area (Å²) < 4.78 is 26.1. The van der Waals surface area contributed by atoms with E-state index < -0.39 is 11.6 Å². The molecule has 1 heterocycles. The van der Waals surface area contributed by atoms with E-state index in [-0.39, 0.29) is 17.5 Å². The van der Waals surface area contributed by atoms with Crippen LogP contribution in [0.1, 0.15) is 30.1 Å². The molecule has 0 bridgehead atoms. The second-order valence-corrected chi connectivity index (χ2v) is 5.15. The number of piperidine rings is 1. The summed E-state index contributed by atoms with van der Waals surface area (Å²) >= 11 is 0. The molecule has 2 atom stereocenters. The zero-order valence-corrected chi connectivity index (χ0v) is 10.9. The molecular formula is C14H18F2N2O. The molecule has 1 aromatic rings. The summed E-state index contributed by atoms with van der Waals surface area (Å²) in [7, 11) is 0. The van der Waals surface area contributed by atoms with Gasteiger partial charge in [0, 0.05) is 24.7 Å². The monoisotopic (exact) mass is 268 g/mol. The van der Waals surface area contributed by atoms with Gasteiger partial charge in [-0.05, 0) is 37.0 Å². The number of hydrogen-bond acceptors (Lipinski definition) is 2. The van der Waals surface area contributed by atoms with Gasteiger partial charge in [0.15, 0.2) is 11.6 Å². The molecule has 1 amide bonds. The number of benzene rings is 1. The van der Waals surface area contributed by atoms with Crippen LogP contribution in [0, 0.1) is 17.6 Å². The zero-order valence-electron chi connectivity index (χ0n) is 10.9. The highest BCUT2D eigenvalue weighted by molar-refractivity contribution is 5.94. The Labute approximate surface area is 111 Å². The van der Waals surface area contributed by atoms with Gasteiger partial charge in [-0.25, -0.2) is 8.78 Å². The van der Waals surface area contributed by atoms with Crippen LogP contribution in [0.5, 0.6) is 0 Å². The van der Waals surface area contributed by atoms with Gasteiger partial charge in [-0.3, -0.25) is 4.79 Å². The van der Waals surface area contributed by atoms with Gasteiger partial charge in [-0.2, -0.15) is 0 Å². The van der Waals surface area contributed by atoms with E-state index in [0.29, 0.717) is 19.0 Å². The summed E-state index contributed by atoms with van der Waals surface area (Å²) in [6, 6.07) is 3.21. The first-order valence-electron chi connectivity index (χ1n) is 6.49. The minimum atomic E-state index is -1.000. The molecule has 0 radical (unpaired) electrons. The van der Waals surface area contributed by atoms with Gasteiger partial charge in [-0.1, -0.05) is 6.92 Å². The maximum absolute atomic E-state index is 13.2. The smallest absolute Gasteiger partial charge is 0.254 e. The molecular weight excluding hydrogens is 250 g/mol. The van der Waals surface area contributed by atoms with E-state index in [1.165, 1.54) is 6.07 Å². The molecule has 1 aromatic carbocycles. The van der Waals surface area contributed by atoms with Crippen LogP contribution in [0.25, 0.3) is 0 Å². The molecule has 2 rings (SSSR count). The first kappa shape index (κ1) is 13.9. The van der Waals surface area contributed by atoms with Gasteiger partial charge in [0.2, 0.25) is 0 Å². The zero-order chi connectivity index (χ0) is 14.0. The Morgan fingerprint density at radius 1 is 1.42 bits per heavy atom. The van der Waals surface area contributed by atoms with E-state index in [1.54, 1.807) is 4.90 Å². The van der Waals surface area contributed by atoms with Crippen LogP contribution in [0.15, 0.2) is 18.2 Å². The van der Waals surface area contributed by atoms with Crippen LogP contribution in [0.4, 0.5) is 8.78 Å². The fraction of sp³-hybridized carbons (Fsp3) is 0.500. The Bertz CT molecular complexity index is 479. The van der Waals surface area contributed by atoms with E-state index in [4.69, 9.17) is 5.73 Å². The maximum Gasteiger partial charge on any atom is 0.254 e. The van der Waals surface area contributed by atoms with E-state index in [9.17, 15) is 13.6 Å². The Kier molecular flexibility index (Phi) is 4.14. The lowest BCUT2D eigenvalue weighted by atomic mass is 9.92. The topological polar surface area (TPSA) is 46.3 Å². The van der Waals surface area contributed by atoms with Gasteiger partial charge >= 0.3 is 0 Å². The Balaban J connectivity index is 2.20. The summed E-state index contributed by atoms with van der Waals surface area (Å²) in [5.41, 5.74) is 5.87. The van der Waals surface area contributed by atoms with Crippen molar-refractivity contribution >= 4 is 5.91 Å².